The molecule has 0 saturated carbocycles. The van der Waals surface area contributed by atoms with Crippen LogP contribution >= 0.6 is 35.7 Å². The molecule has 0 amide bonds. The van der Waals surface area contributed by atoms with E-state index < -0.39 is 5.60 Å². The van der Waals surface area contributed by atoms with E-state index in [1.807, 2.05) is 0 Å². The molecule has 0 aromatic rings. The van der Waals surface area contributed by atoms with Crippen LogP contribution in [0.15, 0.2) is 4.99 Å². The zero-order chi connectivity index (χ0) is 15.1. The number of nitrogens with one attached hydrogen (secondary N) is 1. The Morgan fingerprint density at radius 1 is 1.59 bits per heavy atom. The van der Waals surface area contributed by atoms with Crippen molar-refractivity contribution in [3.8, 4) is 0 Å². The molecule has 2 N–H and O–H groups in total. The number of hydrogen-bond acceptors (Lipinski definition) is 5. The van der Waals surface area contributed by atoms with Crippen molar-refractivity contribution in [1.29, 1.82) is 0 Å². The molecule has 2 rings (SSSR count). The average Bonchev–Trinajstić information content (AvgIpc) is 2.91. The van der Waals surface area contributed by atoms with E-state index in [0.717, 1.165) is 43.5 Å². The Bertz CT molecular complexity index is 352. The summed E-state index contributed by atoms with van der Waals surface area (Å²) in [5, 5.41) is 13.7. The summed E-state index contributed by atoms with van der Waals surface area (Å²) >= 11 is 1.80. The largest absolute Gasteiger partial charge is 0.387 e. The highest BCUT2D eigenvalue weighted by Gasteiger charge is 2.32. The molecule has 2 heterocycles. The van der Waals surface area contributed by atoms with Gasteiger partial charge in [0.25, 0.3) is 0 Å². The lowest BCUT2D eigenvalue weighted by Gasteiger charge is -2.35. The van der Waals surface area contributed by atoms with E-state index >= 15 is 0 Å². The number of halogens is 1. The zero-order valence-electron chi connectivity index (χ0n) is 13.4. The first-order chi connectivity index (χ1) is 10.2. The number of ether oxygens (including phenoxy) is 2. The Labute approximate surface area is 154 Å². The second-order valence-corrected chi connectivity index (χ2v) is 6.70. The molecule has 130 valence electrons. The maximum absolute atomic E-state index is 10.4. The Balaban J connectivity index is 0.00000242. The summed E-state index contributed by atoms with van der Waals surface area (Å²) in [6, 6.07) is 0. The van der Waals surface area contributed by atoms with Gasteiger partial charge in [0.1, 0.15) is 0 Å². The van der Waals surface area contributed by atoms with Crippen LogP contribution in [0.2, 0.25) is 0 Å². The highest BCUT2D eigenvalue weighted by atomic mass is 127. The van der Waals surface area contributed by atoms with E-state index in [0.29, 0.717) is 19.8 Å². The van der Waals surface area contributed by atoms with Crippen molar-refractivity contribution in [2.75, 3.05) is 58.0 Å². The second kappa shape index (κ2) is 10.2. The van der Waals surface area contributed by atoms with Crippen molar-refractivity contribution in [2.45, 2.75) is 25.0 Å². The molecule has 0 aromatic heterocycles. The predicted molar refractivity (Wildman–Crippen MR) is 101 cm³/mol. The van der Waals surface area contributed by atoms with Crippen LogP contribution in [0.25, 0.3) is 0 Å². The molecule has 0 spiro atoms. The molecule has 22 heavy (non-hydrogen) atoms. The van der Waals surface area contributed by atoms with Crippen LogP contribution < -0.4 is 5.32 Å². The van der Waals surface area contributed by atoms with Gasteiger partial charge < -0.3 is 24.8 Å². The SMILES string of the molecule is CCNC(=NCC1(O)CCSC1)N1CCOC(COC)C1.I. The van der Waals surface area contributed by atoms with Gasteiger partial charge in [0.05, 0.1) is 31.5 Å². The number of aliphatic imine (C=N–C) groups is 1. The van der Waals surface area contributed by atoms with E-state index in [9.17, 15) is 5.11 Å². The molecule has 0 radical (unpaired) electrons. The lowest BCUT2D eigenvalue weighted by molar-refractivity contribution is -0.0448. The van der Waals surface area contributed by atoms with Crippen LogP contribution in [0, 0.1) is 0 Å². The van der Waals surface area contributed by atoms with Crippen LogP contribution in [0.3, 0.4) is 0 Å². The molecule has 2 aliphatic rings. The van der Waals surface area contributed by atoms with Gasteiger partial charge in [-0.3, -0.25) is 4.99 Å². The van der Waals surface area contributed by atoms with Gasteiger partial charge in [0.2, 0.25) is 0 Å². The summed E-state index contributed by atoms with van der Waals surface area (Å²) in [6.45, 7) is 6.21. The summed E-state index contributed by atoms with van der Waals surface area (Å²) < 4.78 is 10.8. The van der Waals surface area contributed by atoms with Gasteiger partial charge in [-0.25, -0.2) is 0 Å². The molecule has 8 heteroatoms. The molecule has 2 fully saturated rings. The minimum absolute atomic E-state index is 0. The fourth-order valence-electron chi connectivity index (χ4n) is 2.57. The first-order valence-electron chi connectivity index (χ1n) is 7.61. The summed E-state index contributed by atoms with van der Waals surface area (Å²) in [6.07, 6.45) is 0.911. The third-order valence-corrected chi connectivity index (χ3v) is 4.97. The van der Waals surface area contributed by atoms with E-state index in [4.69, 9.17) is 9.47 Å². The van der Waals surface area contributed by atoms with Crippen LogP contribution in [0.4, 0.5) is 0 Å². The van der Waals surface area contributed by atoms with E-state index in [1.54, 1.807) is 18.9 Å². The lowest BCUT2D eigenvalue weighted by atomic mass is 10.0. The molecule has 0 aliphatic carbocycles. The molecule has 2 saturated heterocycles. The van der Waals surface area contributed by atoms with Crippen LogP contribution in [-0.4, -0.2) is 85.7 Å². The van der Waals surface area contributed by atoms with Crippen LogP contribution in [-0.2, 0) is 9.47 Å². The first-order valence-corrected chi connectivity index (χ1v) is 8.76. The van der Waals surface area contributed by atoms with Crippen molar-refractivity contribution in [3.63, 3.8) is 0 Å². The molecule has 0 aromatic carbocycles. The monoisotopic (exact) mass is 445 g/mol. The summed E-state index contributed by atoms with van der Waals surface area (Å²) in [7, 11) is 1.69. The Hall–Kier alpha value is 0.230. The number of guanidine groups is 1. The average molecular weight is 445 g/mol. The number of nitrogens with zero attached hydrogens (tertiary/aromatic N) is 2. The number of thioether (sulfide) groups is 1. The molecular formula is C14H28IN3O3S. The van der Waals surface area contributed by atoms with Crippen molar-refractivity contribution in [1.82, 2.24) is 10.2 Å². The van der Waals surface area contributed by atoms with E-state index in [1.165, 1.54) is 0 Å². The number of methoxy groups -OCH3 is 1. The summed E-state index contributed by atoms with van der Waals surface area (Å²) in [5.41, 5.74) is -0.635. The first kappa shape index (κ1) is 20.3. The minimum atomic E-state index is -0.635. The predicted octanol–water partition coefficient (Wildman–Crippen LogP) is 0.785. The summed E-state index contributed by atoms with van der Waals surface area (Å²) in [4.78, 5) is 6.85. The number of aliphatic hydroxyl groups is 1. The quantitative estimate of drug-likeness (QED) is 0.371. The van der Waals surface area contributed by atoms with Gasteiger partial charge in [-0.05, 0) is 19.1 Å². The standard InChI is InChI=1S/C14H27N3O3S.HI/c1-3-15-13(16-10-14(18)4-7-21-11-14)17-5-6-20-12(8-17)9-19-2;/h12,18H,3-11H2,1-2H3,(H,15,16);1H. The third-order valence-electron chi connectivity index (χ3n) is 3.73. The highest BCUT2D eigenvalue weighted by Crippen LogP contribution is 2.28. The van der Waals surface area contributed by atoms with Crippen molar-refractivity contribution in [2.24, 2.45) is 4.99 Å². The van der Waals surface area contributed by atoms with Gasteiger partial charge in [0, 0.05) is 32.5 Å². The van der Waals surface area contributed by atoms with Gasteiger partial charge in [-0.1, -0.05) is 0 Å². The van der Waals surface area contributed by atoms with Crippen molar-refractivity contribution < 1.29 is 14.6 Å². The molecular weight excluding hydrogens is 417 g/mol. The fourth-order valence-corrected chi connectivity index (χ4v) is 3.85. The maximum Gasteiger partial charge on any atom is 0.194 e. The molecule has 6 nitrogen and oxygen atoms in total. The number of morpholine rings is 1. The molecule has 2 aliphatic heterocycles. The maximum atomic E-state index is 10.4. The van der Waals surface area contributed by atoms with Gasteiger partial charge >= 0.3 is 0 Å². The zero-order valence-corrected chi connectivity index (χ0v) is 16.6. The molecule has 0 bridgehead atoms. The van der Waals surface area contributed by atoms with Gasteiger partial charge in [-0.15, -0.1) is 24.0 Å². The fraction of sp³-hybridized carbons (Fsp3) is 0.929. The topological polar surface area (TPSA) is 66.3 Å². The Morgan fingerprint density at radius 3 is 3.05 bits per heavy atom. The number of hydrogen-bond donors (Lipinski definition) is 2. The van der Waals surface area contributed by atoms with Crippen LogP contribution in [0.1, 0.15) is 13.3 Å². The third kappa shape index (κ3) is 6.03. The highest BCUT2D eigenvalue weighted by molar-refractivity contribution is 14.0. The molecule has 2 atom stereocenters. The molecule has 2 unspecified atom stereocenters. The van der Waals surface area contributed by atoms with E-state index in [2.05, 4.69) is 22.1 Å². The van der Waals surface area contributed by atoms with Crippen LogP contribution in [0.5, 0.6) is 0 Å². The van der Waals surface area contributed by atoms with Crippen molar-refractivity contribution in [3.05, 3.63) is 0 Å². The smallest absolute Gasteiger partial charge is 0.194 e. The van der Waals surface area contributed by atoms with Gasteiger partial charge in [0.15, 0.2) is 5.96 Å². The second-order valence-electron chi connectivity index (χ2n) is 5.59. The van der Waals surface area contributed by atoms with E-state index in [-0.39, 0.29) is 30.1 Å². The summed E-state index contributed by atoms with van der Waals surface area (Å²) in [5.74, 6) is 2.67. The lowest BCUT2D eigenvalue weighted by Crippen LogP contribution is -2.52. The number of rotatable bonds is 5. The Morgan fingerprint density at radius 2 is 2.41 bits per heavy atom. The minimum Gasteiger partial charge on any atom is -0.387 e. The van der Waals surface area contributed by atoms with Crippen molar-refractivity contribution >= 4 is 41.7 Å². The Kier molecular flexibility index (Phi) is 9.37. The normalized spacial score (nSPS) is 29.3. The van der Waals surface area contributed by atoms with Gasteiger partial charge in [-0.2, -0.15) is 11.8 Å².